The molecule has 0 atom stereocenters. The number of nitro benzene ring substituents is 1. The normalized spacial score (nSPS) is 11.1. The Morgan fingerprint density at radius 2 is 2.00 bits per heavy atom. The van der Waals surface area contributed by atoms with Crippen LogP contribution in [-0.4, -0.2) is 25.4 Å². The van der Waals surface area contributed by atoms with Gasteiger partial charge in [-0.25, -0.2) is 17.9 Å². The van der Waals surface area contributed by atoms with Gasteiger partial charge in [0.05, 0.1) is 9.82 Å². The topological polar surface area (TPSA) is 118 Å². The monoisotopic (exact) mass is 287 g/mol. The third-order valence-corrected chi connectivity index (χ3v) is 3.31. The molecule has 0 heterocycles. The van der Waals surface area contributed by atoms with Gasteiger partial charge in [-0.15, -0.1) is 0 Å². The summed E-state index contributed by atoms with van der Waals surface area (Å²) in [6.45, 7) is 3.33. The molecule has 8 nitrogen and oxygen atoms in total. The van der Waals surface area contributed by atoms with Gasteiger partial charge in [0.15, 0.2) is 0 Å². The van der Waals surface area contributed by atoms with Crippen molar-refractivity contribution in [3.8, 4) is 0 Å². The molecule has 0 aliphatic rings. The molecule has 0 spiro atoms. The smallest absolute Gasteiger partial charge is 0.328 e. The van der Waals surface area contributed by atoms with Crippen molar-refractivity contribution in [2.45, 2.75) is 24.8 Å². The Hall–Kier alpha value is -2.16. The molecule has 0 unspecified atom stereocenters. The van der Waals surface area contributed by atoms with Gasteiger partial charge >= 0.3 is 6.03 Å². The Morgan fingerprint density at radius 1 is 1.37 bits per heavy atom. The van der Waals surface area contributed by atoms with E-state index in [1.165, 1.54) is 6.07 Å². The Kier molecular flexibility index (Phi) is 4.43. The van der Waals surface area contributed by atoms with Crippen molar-refractivity contribution in [2.75, 3.05) is 0 Å². The number of carbonyl (C=O) groups is 1. The van der Waals surface area contributed by atoms with Crippen molar-refractivity contribution in [2.24, 2.45) is 0 Å². The quantitative estimate of drug-likeness (QED) is 0.632. The molecule has 0 bridgehead atoms. The van der Waals surface area contributed by atoms with Gasteiger partial charge in [0.1, 0.15) is 0 Å². The number of carbonyl (C=O) groups excluding carboxylic acids is 1. The molecule has 104 valence electrons. The number of nitrogens with zero attached hydrogens (tertiary/aromatic N) is 1. The molecule has 0 aliphatic heterocycles. The predicted molar refractivity (Wildman–Crippen MR) is 67.1 cm³/mol. The number of urea groups is 1. The van der Waals surface area contributed by atoms with E-state index in [1.807, 2.05) is 0 Å². The molecule has 0 saturated carbocycles. The van der Waals surface area contributed by atoms with Crippen LogP contribution in [0.2, 0.25) is 0 Å². The molecule has 1 rings (SSSR count). The Morgan fingerprint density at radius 3 is 2.53 bits per heavy atom. The molecule has 2 amide bonds. The highest BCUT2D eigenvalue weighted by molar-refractivity contribution is 7.90. The first-order valence-corrected chi connectivity index (χ1v) is 6.78. The summed E-state index contributed by atoms with van der Waals surface area (Å²) in [6, 6.07) is 3.31. The summed E-state index contributed by atoms with van der Waals surface area (Å²) in [4.78, 5) is 20.8. The maximum atomic E-state index is 11.8. The van der Waals surface area contributed by atoms with Crippen LogP contribution in [0.15, 0.2) is 29.2 Å². The van der Waals surface area contributed by atoms with E-state index in [2.05, 4.69) is 5.32 Å². The molecular formula is C10H13N3O5S. The number of hydrogen-bond acceptors (Lipinski definition) is 5. The molecule has 19 heavy (non-hydrogen) atoms. The standard InChI is InChI=1S/C10H13N3O5S/c1-7(2)11-10(14)12-19(17,18)9-5-3-4-8(6-9)13(15)16/h3-7H,1-2H3,(H2,11,12,14). The molecule has 0 aromatic heterocycles. The van der Waals surface area contributed by atoms with Gasteiger partial charge in [-0.3, -0.25) is 10.1 Å². The van der Waals surface area contributed by atoms with Crippen LogP contribution in [-0.2, 0) is 10.0 Å². The minimum absolute atomic E-state index is 0.236. The molecule has 9 heteroatoms. The fourth-order valence-electron chi connectivity index (χ4n) is 1.24. The number of benzene rings is 1. The van der Waals surface area contributed by atoms with Gasteiger partial charge in [-0.2, -0.15) is 0 Å². The Bertz CT molecular complexity index is 597. The largest absolute Gasteiger partial charge is 0.335 e. The van der Waals surface area contributed by atoms with E-state index in [9.17, 15) is 23.3 Å². The van der Waals surface area contributed by atoms with Crippen LogP contribution in [0.4, 0.5) is 10.5 Å². The lowest BCUT2D eigenvalue weighted by molar-refractivity contribution is -0.385. The van der Waals surface area contributed by atoms with Crippen LogP contribution in [0.5, 0.6) is 0 Å². The Labute approximate surface area is 110 Å². The third kappa shape index (κ3) is 4.21. The number of amides is 2. The second-order valence-corrected chi connectivity index (χ2v) is 5.67. The number of rotatable bonds is 4. The first-order chi connectivity index (χ1) is 8.72. The molecule has 0 radical (unpaired) electrons. The highest BCUT2D eigenvalue weighted by Crippen LogP contribution is 2.16. The number of hydrogen-bond donors (Lipinski definition) is 2. The van der Waals surface area contributed by atoms with E-state index in [4.69, 9.17) is 0 Å². The van der Waals surface area contributed by atoms with Crippen LogP contribution in [0.3, 0.4) is 0 Å². The van der Waals surface area contributed by atoms with Crippen molar-refractivity contribution < 1.29 is 18.1 Å². The van der Waals surface area contributed by atoms with Crippen LogP contribution in [0.25, 0.3) is 0 Å². The second kappa shape index (κ2) is 5.65. The van der Waals surface area contributed by atoms with Gasteiger partial charge in [-0.1, -0.05) is 6.07 Å². The van der Waals surface area contributed by atoms with Gasteiger partial charge in [0.2, 0.25) is 0 Å². The minimum atomic E-state index is -4.13. The highest BCUT2D eigenvalue weighted by atomic mass is 32.2. The number of sulfonamides is 1. The van der Waals surface area contributed by atoms with E-state index < -0.39 is 21.0 Å². The van der Waals surface area contributed by atoms with Gasteiger partial charge < -0.3 is 5.32 Å². The maximum Gasteiger partial charge on any atom is 0.328 e. The third-order valence-electron chi connectivity index (χ3n) is 1.99. The van der Waals surface area contributed by atoms with E-state index >= 15 is 0 Å². The zero-order chi connectivity index (χ0) is 14.6. The lowest BCUT2D eigenvalue weighted by Crippen LogP contribution is -2.42. The van der Waals surface area contributed by atoms with E-state index in [1.54, 1.807) is 18.6 Å². The first kappa shape index (κ1) is 14.9. The first-order valence-electron chi connectivity index (χ1n) is 5.30. The van der Waals surface area contributed by atoms with Crippen molar-refractivity contribution >= 4 is 21.7 Å². The van der Waals surface area contributed by atoms with Gasteiger partial charge in [-0.05, 0) is 19.9 Å². The minimum Gasteiger partial charge on any atom is -0.335 e. The summed E-state index contributed by atoms with van der Waals surface area (Å²) >= 11 is 0. The summed E-state index contributed by atoms with van der Waals surface area (Å²) in [5.41, 5.74) is -0.368. The second-order valence-electron chi connectivity index (χ2n) is 3.99. The molecule has 1 aromatic carbocycles. The summed E-state index contributed by atoms with van der Waals surface area (Å²) in [6.07, 6.45) is 0. The predicted octanol–water partition coefficient (Wildman–Crippen LogP) is 0.991. The fraction of sp³-hybridized carbons (Fsp3) is 0.300. The van der Waals surface area contributed by atoms with Crippen LogP contribution >= 0.6 is 0 Å². The summed E-state index contributed by atoms with van der Waals surface area (Å²) in [5.74, 6) is 0. The van der Waals surface area contributed by atoms with E-state index in [0.717, 1.165) is 18.2 Å². The molecule has 0 saturated heterocycles. The van der Waals surface area contributed by atoms with Crippen molar-refractivity contribution in [3.63, 3.8) is 0 Å². The van der Waals surface area contributed by atoms with Crippen LogP contribution < -0.4 is 10.0 Å². The highest BCUT2D eigenvalue weighted by Gasteiger charge is 2.20. The number of non-ortho nitro benzene ring substituents is 1. The number of nitrogens with one attached hydrogen (secondary N) is 2. The fourth-order valence-corrected chi connectivity index (χ4v) is 2.19. The molecular weight excluding hydrogens is 274 g/mol. The molecule has 2 N–H and O–H groups in total. The maximum absolute atomic E-state index is 11.8. The van der Waals surface area contributed by atoms with Crippen molar-refractivity contribution in [3.05, 3.63) is 34.4 Å². The van der Waals surface area contributed by atoms with Gasteiger partial charge in [0.25, 0.3) is 15.7 Å². The van der Waals surface area contributed by atoms with Crippen molar-refractivity contribution in [1.29, 1.82) is 0 Å². The Balaban J connectivity index is 2.97. The molecule has 0 aliphatic carbocycles. The molecule has 0 fully saturated rings. The summed E-state index contributed by atoms with van der Waals surface area (Å²) in [7, 11) is -4.13. The van der Waals surface area contributed by atoms with Crippen molar-refractivity contribution in [1.82, 2.24) is 10.0 Å². The SMILES string of the molecule is CC(C)NC(=O)NS(=O)(=O)c1cccc([N+](=O)[O-])c1. The van der Waals surface area contributed by atoms with Crippen LogP contribution in [0, 0.1) is 10.1 Å². The average Bonchev–Trinajstić information content (AvgIpc) is 2.27. The lowest BCUT2D eigenvalue weighted by Gasteiger charge is -2.10. The average molecular weight is 287 g/mol. The summed E-state index contributed by atoms with van der Waals surface area (Å²) < 4.78 is 25.4. The zero-order valence-electron chi connectivity index (χ0n) is 10.3. The zero-order valence-corrected chi connectivity index (χ0v) is 11.1. The van der Waals surface area contributed by atoms with Gasteiger partial charge in [0, 0.05) is 18.2 Å². The molecule has 1 aromatic rings. The summed E-state index contributed by atoms with van der Waals surface area (Å²) in [5, 5.41) is 12.9. The lowest BCUT2D eigenvalue weighted by atomic mass is 10.3. The van der Waals surface area contributed by atoms with Crippen LogP contribution in [0.1, 0.15) is 13.8 Å². The van der Waals surface area contributed by atoms with E-state index in [-0.39, 0.29) is 16.6 Å². The van der Waals surface area contributed by atoms with E-state index in [0.29, 0.717) is 0 Å². The number of nitro groups is 1.